The van der Waals surface area contributed by atoms with Crippen molar-refractivity contribution in [3.8, 4) is 5.75 Å². The molecule has 1 saturated heterocycles. The van der Waals surface area contributed by atoms with Crippen molar-refractivity contribution in [2.75, 3.05) is 46.5 Å². The zero-order valence-electron chi connectivity index (χ0n) is 17.7. The molecule has 0 saturated carbocycles. The topological polar surface area (TPSA) is 59.1 Å². The minimum atomic E-state index is 0.0971. The van der Waals surface area contributed by atoms with Crippen LogP contribution in [0.5, 0.6) is 5.75 Å². The predicted molar refractivity (Wildman–Crippen MR) is 110 cm³/mol. The Balaban J connectivity index is 1.65. The van der Waals surface area contributed by atoms with Crippen LogP contribution in [0, 0.1) is 0 Å². The van der Waals surface area contributed by atoms with Crippen LogP contribution < -0.4 is 4.74 Å². The van der Waals surface area contributed by atoms with Gasteiger partial charge in [-0.1, -0.05) is 32.9 Å². The van der Waals surface area contributed by atoms with Crippen molar-refractivity contribution in [1.82, 2.24) is 9.80 Å². The van der Waals surface area contributed by atoms with E-state index in [4.69, 9.17) is 9.47 Å². The van der Waals surface area contributed by atoms with E-state index in [1.54, 1.807) is 7.11 Å². The van der Waals surface area contributed by atoms with Gasteiger partial charge < -0.3 is 19.3 Å². The van der Waals surface area contributed by atoms with Gasteiger partial charge in [0.15, 0.2) is 0 Å². The number of rotatable bonds is 8. The number of amides is 2. The molecule has 2 rings (SSSR count). The molecule has 1 aromatic rings. The Kier molecular flexibility index (Phi) is 8.30. The van der Waals surface area contributed by atoms with Gasteiger partial charge in [-0.05, 0) is 29.5 Å². The Bertz CT molecular complexity index is 629. The maximum absolute atomic E-state index is 12.4. The van der Waals surface area contributed by atoms with Crippen molar-refractivity contribution < 1.29 is 19.1 Å². The molecule has 1 aromatic carbocycles. The monoisotopic (exact) mass is 390 g/mol. The number of nitrogens with zero attached hydrogens (tertiary/aromatic N) is 2. The minimum absolute atomic E-state index is 0.0971. The largest absolute Gasteiger partial charge is 0.494 e. The van der Waals surface area contributed by atoms with E-state index >= 15 is 0 Å². The predicted octanol–water partition coefficient (Wildman–Crippen LogP) is 2.85. The van der Waals surface area contributed by atoms with Gasteiger partial charge in [-0.25, -0.2) is 0 Å². The molecule has 1 heterocycles. The molecule has 0 atom stereocenters. The Hall–Kier alpha value is -2.08. The van der Waals surface area contributed by atoms with Gasteiger partial charge in [0, 0.05) is 39.7 Å². The highest BCUT2D eigenvalue weighted by Gasteiger charge is 2.23. The van der Waals surface area contributed by atoms with Crippen LogP contribution in [0.25, 0.3) is 0 Å². The Labute approximate surface area is 168 Å². The summed E-state index contributed by atoms with van der Waals surface area (Å²) >= 11 is 0. The maximum atomic E-state index is 12.4. The molecule has 0 bridgehead atoms. The van der Waals surface area contributed by atoms with Crippen molar-refractivity contribution in [3.05, 3.63) is 29.8 Å². The lowest BCUT2D eigenvalue weighted by Crippen LogP contribution is -2.50. The van der Waals surface area contributed by atoms with Crippen molar-refractivity contribution in [1.29, 1.82) is 0 Å². The quantitative estimate of drug-likeness (QED) is 0.641. The molecular formula is C22H34N2O4. The van der Waals surface area contributed by atoms with Gasteiger partial charge in [-0.15, -0.1) is 0 Å². The lowest BCUT2D eigenvalue weighted by Gasteiger charge is -2.35. The van der Waals surface area contributed by atoms with Gasteiger partial charge in [0.25, 0.3) is 0 Å². The van der Waals surface area contributed by atoms with E-state index in [1.807, 2.05) is 21.9 Å². The zero-order chi connectivity index (χ0) is 20.6. The van der Waals surface area contributed by atoms with Crippen LogP contribution in [-0.2, 0) is 19.7 Å². The van der Waals surface area contributed by atoms with E-state index < -0.39 is 0 Å². The average molecular weight is 391 g/mol. The second kappa shape index (κ2) is 10.5. The molecule has 0 aliphatic carbocycles. The average Bonchev–Trinajstić information content (AvgIpc) is 2.69. The molecule has 1 aliphatic heterocycles. The molecule has 1 aliphatic rings. The number of piperazine rings is 1. The molecule has 6 heteroatoms. The fourth-order valence-electron chi connectivity index (χ4n) is 3.18. The molecule has 2 amide bonds. The molecule has 28 heavy (non-hydrogen) atoms. The van der Waals surface area contributed by atoms with Crippen LogP contribution in [0.1, 0.15) is 45.6 Å². The normalized spacial score (nSPS) is 14.9. The highest BCUT2D eigenvalue weighted by molar-refractivity contribution is 5.78. The third-order valence-corrected chi connectivity index (χ3v) is 5.03. The number of carbonyl (C=O) groups is 2. The SMILES string of the molecule is COCCC(=O)N1CCN(C(=O)CCCOc2ccc(C(C)(C)C)cc2)CC1. The van der Waals surface area contributed by atoms with Crippen LogP contribution >= 0.6 is 0 Å². The molecule has 0 aromatic heterocycles. The standard InChI is InChI=1S/C22H34N2O4/c1-22(2,3)18-7-9-19(10-8-18)28-16-5-6-20(25)23-12-14-24(15-13-23)21(26)11-17-27-4/h7-10H,5-6,11-17H2,1-4H3. The minimum Gasteiger partial charge on any atom is -0.494 e. The van der Waals surface area contributed by atoms with Crippen LogP contribution in [0.3, 0.4) is 0 Å². The van der Waals surface area contributed by atoms with E-state index in [1.165, 1.54) is 5.56 Å². The van der Waals surface area contributed by atoms with E-state index in [2.05, 4.69) is 32.9 Å². The summed E-state index contributed by atoms with van der Waals surface area (Å²) in [4.78, 5) is 28.0. The summed E-state index contributed by atoms with van der Waals surface area (Å²) in [5, 5.41) is 0. The van der Waals surface area contributed by atoms with E-state index in [-0.39, 0.29) is 17.2 Å². The second-order valence-electron chi connectivity index (χ2n) is 8.23. The van der Waals surface area contributed by atoms with Crippen LogP contribution in [0.2, 0.25) is 0 Å². The summed E-state index contributed by atoms with van der Waals surface area (Å²) in [7, 11) is 1.59. The number of ether oxygens (including phenoxy) is 2. The first kappa shape index (κ1) is 22.2. The second-order valence-corrected chi connectivity index (χ2v) is 8.23. The summed E-state index contributed by atoms with van der Waals surface area (Å²) in [6.45, 7) is 9.93. The van der Waals surface area contributed by atoms with E-state index in [0.717, 1.165) is 5.75 Å². The smallest absolute Gasteiger partial charge is 0.225 e. The molecular weight excluding hydrogens is 356 g/mol. The maximum Gasteiger partial charge on any atom is 0.225 e. The molecule has 0 N–H and O–H groups in total. The number of hydrogen-bond donors (Lipinski definition) is 0. The lowest BCUT2D eigenvalue weighted by atomic mass is 9.87. The Morgan fingerprint density at radius 2 is 1.43 bits per heavy atom. The first-order chi connectivity index (χ1) is 13.3. The van der Waals surface area contributed by atoms with Gasteiger partial charge in [0.1, 0.15) is 5.75 Å². The fraction of sp³-hybridized carbons (Fsp3) is 0.636. The summed E-state index contributed by atoms with van der Waals surface area (Å²) in [5.41, 5.74) is 1.40. The van der Waals surface area contributed by atoms with Gasteiger partial charge in [-0.3, -0.25) is 9.59 Å². The van der Waals surface area contributed by atoms with Crippen molar-refractivity contribution in [2.24, 2.45) is 0 Å². The van der Waals surface area contributed by atoms with Crippen molar-refractivity contribution in [3.63, 3.8) is 0 Å². The summed E-state index contributed by atoms with van der Waals surface area (Å²) in [6, 6.07) is 8.16. The van der Waals surface area contributed by atoms with Crippen LogP contribution in [-0.4, -0.2) is 68.1 Å². The molecule has 0 unspecified atom stereocenters. The summed E-state index contributed by atoms with van der Waals surface area (Å²) in [6.07, 6.45) is 1.56. The number of hydrogen-bond acceptors (Lipinski definition) is 4. The molecule has 1 fully saturated rings. The summed E-state index contributed by atoms with van der Waals surface area (Å²) in [5.74, 6) is 1.07. The third-order valence-electron chi connectivity index (χ3n) is 5.03. The number of methoxy groups -OCH3 is 1. The molecule has 6 nitrogen and oxygen atoms in total. The zero-order valence-corrected chi connectivity index (χ0v) is 17.7. The number of benzene rings is 1. The Morgan fingerprint density at radius 1 is 0.893 bits per heavy atom. The van der Waals surface area contributed by atoms with Crippen molar-refractivity contribution in [2.45, 2.75) is 45.4 Å². The summed E-state index contributed by atoms with van der Waals surface area (Å²) < 4.78 is 10.7. The van der Waals surface area contributed by atoms with Gasteiger partial charge in [0.05, 0.1) is 19.6 Å². The van der Waals surface area contributed by atoms with Crippen LogP contribution in [0.4, 0.5) is 0 Å². The lowest BCUT2D eigenvalue weighted by molar-refractivity contribution is -0.140. The number of carbonyl (C=O) groups excluding carboxylic acids is 2. The van der Waals surface area contributed by atoms with Gasteiger partial charge >= 0.3 is 0 Å². The van der Waals surface area contributed by atoms with Gasteiger partial charge in [-0.2, -0.15) is 0 Å². The molecule has 0 radical (unpaired) electrons. The van der Waals surface area contributed by atoms with Gasteiger partial charge in [0.2, 0.25) is 11.8 Å². The van der Waals surface area contributed by atoms with E-state index in [0.29, 0.717) is 58.7 Å². The first-order valence-corrected chi connectivity index (χ1v) is 10.1. The first-order valence-electron chi connectivity index (χ1n) is 10.1. The van der Waals surface area contributed by atoms with Crippen molar-refractivity contribution >= 4 is 11.8 Å². The highest BCUT2D eigenvalue weighted by atomic mass is 16.5. The Morgan fingerprint density at radius 3 is 1.93 bits per heavy atom. The fourth-order valence-corrected chi connectivity index (χ4v) is 3.18. The highest BCUT2D eigenvalue weighted by Crippen LogP contribution is 2.24. The molecule has 156 valence electrons. The molecule has 0 spiro atoms. The van der Waals surface area contributed by atoms with Crippen LogP contribution in [0.15, 0.2) is 24.3 Å². The van der Waals surface area contributed by atoms with E-state index in [9.17, 15) is 9.59 Å². The third kappa shape index (κ3) is 6.82.